The number of carbonyl (C=O) groups excluding carboxylic acids is 1. The van der Waals surface area contributed by atoms with Gasteiger partial charge in [-0.2, -0.15) is 5.10 Å². The second kappa shape index (κ2) is 8.06. The Labute approximate surface area is 141 Å². The van der Waals surface area contributed by atoms with Crippen molar-refractivity contribution < 1.29 is 9.18 Å². The molecule has 1 fully saturated rings. The lowest BCUT2D eigenvalue weighted by molar-refractivity contribution is -0.121. The maximum Gasteiger partial charge on any atom is 0.241 e. The summed E-state index contributed by atoms with van der Waals surface area (Å²) >= 11 is 0. The third kappa shape index (κ3) is 4.64. The second-order valence-corrected chi connectivity index (χ2v) is 6.21. The van der Waals surface area contributed by atoms with Crippen molar-refractivity contribution in [1.82, 2.24) is 20.4 Å². The molecule has 0 saturated carbocycles. The Bertz CT molecular complexity index is 679. The number of aromatic nitrogens is 2. The summed E-state index contributed by atoms with van der Waals surface area (Å²) in [5.41, 5.74) is 1.93. The summed E-state index contributed by atoms with van der Waals surface area (Å²) in [5, 5.41) is 10.7. The van der Waals surface area contributed by atoms with Gasteiger partial charge in [0, 0.05) is 25.2 Å². The highest BCUT2D eigenvalue weighted by molar-refractivity contribution is 5.75. The first-order valence-corrected chi connectivity index (χ1v) is 8.46. The van der Waals surface area contributed by atoms with Crippen LogP contribution in [0.3, 0.4) is 0 Å². The van der Waals surface area contributed by atoms with Crippen molar-refractivity contribution in [2.24, 2.45) is 0 Å². The number of nitrogens with one attached hydrogen (secondary N) is 2. The van der Waals surface area contributed by atoms with E-state index in [1.807, 2.05) is 18.3 Å². The van der Waals surface area contributed by atoms with E-state index in [0.717, 1.165) is 37.2 Å². The molecule has 1 atom stereocenters. The zero-order valence-corrected chi connectivity index (χ0v) is 13.7. The van der Waals surface area contributed by atoms with Gasteiger partial charge < -0.3 is 10.6 Å². The Balaban J connectivity index is 1.44. The number of hydrogen-bond donors (Lipinski definition) is 2. The first-order valence-electron chi connectivity index (χ1n) is 8.46. The van der Waals surface area contributed by atoms with E-state index in [1.54, 1.807) is 10.7 Å². The first-order chi connectivity index (χ1) is 11.7. The number of halogens is 1. The quantitative estimate of drug-likeness (QED) is 0.850. The monoisotopic (exact) mass is 330 g/mol. The van der Waals surface area contributed by atoms with Gasteiger partial charge in [0.25, 0.3) is 0 Å². The number of carbonyl (C=O) groups is 1. The number of hydrogen-bond acceptors (Lipinski definition) is 3. The summed E-state index contributed by atoms with van der Waals surface area (Å²) in [5.74, 6) is 0.110. The van der Waals surface area contributed by atoms with E-state index < -0.39 is 0 Å². The fourth-order valence-electron chi connectivity index (χ4n) is 3.03. The van der Waals surface area contributed by atoms with Gasteiger partial charge in [-0.05, 0) is 49.6 Å². The summed E-state index contributed by atoms with van der Waals surface area (Å²) in [6.45, 7) is 2.73. The molecule has 5 nitrogen and oxygen atoms in total. The van der Waals surface area contributed by atoms with Gasteiger partial charge in [0.05, 0.1) is 5.69 Å². The van der Waals surface area contributed by atoms with Gasteiger partial charge in [-0.25, -0.2) is 4.39 Å². The lowest BCUT2D eigenvalue weighted by Gasteiger charge is -2.20. The summed E-state index contributed by atoms with van der Waals surface area (Å²) in [4.78, 5) is 12.0. The largest absolute Gasteiger partial charge is 0.354 e. The molecule has 1 aromatic heterocycles. The average molecular weight is 330 g/mol. The lowest BCUT2D eigenvalue weighted by atomic mass is 9.97. The van der Waals surface area contributed by atoms with Crippen molar-refractivity contribution >= 4 is 5.91 Å². The third-order valence-corrected chi connectivity index (χ3v) is 4.31. The Hall–Kier alpha value is -2.21. The molecule has 1 amide bonds. The molecule has 1 saturated heterocycles. The van der Waals surface area contributed by atoms with E-state index in [0.29, 0.717) is 18.9 Å². The fourth-order valence-corrected chi connectivity index (χ4v) is 3.03. The molecule has 2 aromatic rings. The van der Waals surface area contributed by atoms with Gasteiger partial charge in [-0.1, -0.05) is 12.1 Å². The van der Waals surface area contributed by atoms with Gasteiger partial charge in [-0.15, -0.1) is 0 Å². The highest BCUT2D eigenvalue weighted by Crippen LogP contribution is 2.21. The van der Waals surface area contributed by atoms with Crippen molar-refractivity contribution in [3.63, 3.8) is 0 Å². The molecular formula is C18H23FN4O. The molecule has 0 spiro atoms. The van der Waals surface area contributed by atoms with Crippen LogP contribution >= 0.6 is 0 Å². The Morgan fingerprint density at radius 1 is 1.42 bits per heavy atom. The molecule has 1 unspecified atom stereocenters. The Morgan fingerprint density at radius 3 is 3.12 bits per heavy atom. The predicted molar refractivity (Wildman–Crippen MR) is 90.2 cm³/mol. The van der Waals surface area contributed by atoms with Crippen LogP contribution in [0.25, 0.3) is 0 Å². The van der Waals surface area contributed by atoms with Gasteiger partial charge in [-0.3, -0.25) is 9.48 Å². The molecule has 3 rings (SSSR count). The number of benzene rings is 1. The molecule has 6 heteroatoms. The zero-order chi connectivity index (χ0) is 16.8. The Kier molecular flexibility index (Phi) is 5.59. The molecular weight excluding hydrogens is 307 g/mol. The van der Waals surface area contributed by atoms with E-state index in [1.165, 1.54) is 12.1 Å². The van der Waals surface area contributed by atoms with Crippen molar-refractivity contribution in [2.45, 2.75) is 31.7 Å². The van der Waals surface area contributed by atoms with Gasteiger partial charge >= 0.3 is 0 Å². The van der Waals surface area contributed by atoms with Crippen LogP contribution in [0.5, 0.6) is 0 Å². The van der Waals surface area contributed by atoms with Crippen LogP contribution in [0.2, 0.25) is 0 Å². The van der Waals surface area contributed by atoms with Crippen LogP contribution in [-0.4, -0.2) is 35.3 Å². The molecule has 0 radical (unpaired) electrons. The van der Waals surface area contributed by atoms with E-state index in [-0.39, 0.29) is 18.3 Å². The van der Waals surface area contributed by atoms with Crippen LogP contribution in [0.15, 0.2) is 36.5 Å². The maximum atomic E-state index is 13.1. The lowest BCUT2D eigenvalue weighted by Crippen LogP contribution is -2.30. The second-order valence-electron chi connectivity index (χ2n) is 6.21. The predicted octanol–water partition coefficient (Wildman–Crippen LogP) is 1.85. The highest BCUT2D eigenvalue weighted by Gasteiger charge is 2.17. The van der Waals surface area contributed by atoms with Crippen LogP contribution < -0.4 is 10.6 Å². The molecule has 128 valence electrons. The van der Waals surface area contributed by atoms with Crippen LogP contribution in [0.4, 0.5) is 4.39 Å². The summed E-state index contributed by atoms with van der Waals surface area (Å²) < 4.78 is 14.8. The Morgan fingerprint density at radius 2 is 2.33 bits per heavy atom. The molecule has 1 aromatic carbocycles. The molecule has 1 aliphatic rings. The van der Waals surface area contributed by atoms with Gasteiger partial charge in [0.15, 0.2) is 0 Å². The van der Waals surface area contributed by atoms with E-state index in [4.69, 9.17) is 0 Å². The number of nitrogens with zero attached hydrogens (tertiary/aromatic N) is 2. The van der Waals surface area contributed by atoms with Crippen LogP contribution in [-0.2, 0) is 17.8 Å². The SMILES string of the molecule is O=C(Cn1ccc(C2CCCNC2)n1)NCCc1cccc(F)c1. The van der Waals surface area contributed by atoms with Crippen LogP contribution in [0.1, 0.15) is 30.0 Å². The van der Waals surface area contributed by atoms with Crippen LogP contribution in [0, 0.1) is 5.82 Å². The van der Waals surface area contributed by atoms with E-state index in [2.05, 4.69) is 15.7 Å². The van der Waals surface area contributed by atoms with Crippen molar-refractivity contribution in [2.75, 3.05) is 19.6 Å². The first kappa shape index (κ1) is 16.6. The minimum atomic E-state index is -0.250. The summed E-state index contributed by atoms with van der Waals surface area (Å²) in [7, 11) is 0. The zero-order valence-electron chi connectivity index (χ0n) is 13.7. The van der Waals surface area contributed by atoms with E-state index in [9.17, 15) is 9.18 Å². The average Bonchev–Trinajstić information content (AvgIpc) is 3.04. The van der Waals surface area contributed by atoms with Crippen molar-refractivity contribution in [1.29, 1.82) is 0 Å². The molecule has 2 N–H and O–H groups in total. The molecule has 0 aliphatic carbocycles. The molecule has 24 heavy (non-hydrogen) atoms. The highest BCUT2D eigenvalue weighted by atomic mass is 19.1. The minimum Gasteiger partial charge on any atom is -0.354 e. The maximum absolute atomic E-state index is 13.1. The number of rotatable bonds is 6. The smallest absolute Gasteiger partial charge is 0.241 e. The van der Waals surface area contributed by atoms with Gasteiger partial charge in [0.1, 0.15) is 12.4 Å². The molecule has 2 heterocycles. The van der Waals surface area contributed by atoms with Crippen molar-refractivity contribution in [3.8, 4) is 0 Å². The fraction of sp³-hybridized carbons (Fsp3) is 0.444. The normalized spacial score (nSPS) is 17.6. The topological polar surface area (TPSA) is 59.0 Å². The molecule has 0 bridgehead atoms. The standard InChI is InChI=1S/C18H23FN4O/c19-16-5-1-3-14(11-16)6-9-21-18(24)13-23-10-7-17(22-23)15-4-2-8-20-12-15/h1,3,5,7,10-11,15,20H,2,4,6,8-9,12-13H2,(H,21,24). The molecule has 1 aliphatic heterocycles. The number of amides is 1. The summed E-state index contributed by atoms with van der Waals surface area (Å²) in [6.07, 6.45) is 4.78. The summed E-state index contributed by atoms with van der Waals surface area (Å²) in [6, 6.07) is 8.44. The van der Waals surface area contributed by atoms with E-state index >= 15 is 0 Å². The van der Waals surface area contributed by atoms with Gasteiger partial charge in [0.2, 0.25) is 5.91 Å². The third-order valence-electron chi connectivity index (χ3n) is 4.31. The number of piperidine rings is 1. The minimum absolute atomic E-state index is 0.0807. The van der Waals surface area contributed by atoms with Crippen molar-refractivity contribution in [3.05, 3.63) is 53.6 Å².